The average Bonchev–Trinajstić information content (AvgIpc) is 1.60. The Morgan fingerprint density at radius 1 is 1.10 bits per heavy atom. The van der Waals surface area contributed by atoms with Crippen molar-refractivity contribution in [3.63, 3.8) is 0 Å². The van der Waals surface area contributed by atoms with E-state index in [4.69, 9.17) is 0 Å². The van der Waals surface area contributed by atoms with Crippen LogP contribution in [0.1, 0.15) is 40.5 Å². The minimum absolute atomic E-state index is 0.104. The zero-order valence-corrected chi connectivity index (χ0v) is 9.10. The summed E-state index contributed by atoms with van der Waals surface area (Å²) in [6.07, 6.45) is 2.14. The molecule has 10 heavy (non-hydrogen) atoms. The van der Waals surface area contributed by atoms with Crippen LogP contribution in [0, 0.1) is 0 Å². The van der Waals surface area contributed by atoms with Crippen molar-refractivity contribution in [1.29, 1.82) is 0 Å². The van der Waals surface area contributed by atoms with Gasteiger partial charge in [-0.2, -0.15) is 25.3 Å². The van der Waals surface area contributed by atoms with E-state index in [1.165, 1.54) is 0 Å². The van der Waals surface area contributed by atoms with Crippen LogP contribution in [0.5, 0.6) is 0 Å². The highest BCUT2D eigenvalue weighted by atomic mass is 32.1. The van der Waals surface area contributed by atoms with Crippen LogP contribution in [-0.4, -0.2) is 9.49 Å². The van der Waals surface area contributed by atoms with Crippen LogP contribution in [0.3, 0.4) is 0 Å². The maximum atomic E-state index is 4.53. The Bertz CT molecular complexity index is 100. The summed E-state index contributed by atoms with van der Waals surface area (Å²) in [5.74, 6) is 0. The quantitative estimate of drug-likeness (QED) is 0.609. The van der Waals surface area contributed by atoms with Crippen LogP contribution in [-0.2, 0) is 0 Å². The van der Waals surface area contributed by atoms with E-state index in [1.807, 2.05) is 0 Å². The first-order valence-electron chi connectivity index (χ1n) is 3.71. The molecule has 0 aliphatic carbocycles. The molecular formula is C8H18S2. The lowest BCUT2D eigenvalue weighted by atomic mass is 9.95. The molecule has 0 aromatic rings. The Balaban J connectivity index is 3.89. The lowest BCUT2D eigenvalue weighted by Gasteiger charge is -2.29. The smallest absolute Gasteiger partial charge is 0.0112 e. The second kappa shape index (κ2) is 3.40. The Labute approximate surface area is 75.6 Å². The van der Waals surface area contributed by atoms with Gasteiger partial charge in [0.05, 0.1) is 0 Å². The first-order valence-corrected chi connectivity index (χ1v) is 4.61. The summed E-state index contributed by atoms with van der Waals surface area (Å²) in [4.78, 5) is 0. The molecule has 0 rings (SSSR count). The summed E-state index contributed by atoms with van der Waals surface area (Å²) in [6.45, 7) is 8.57. The third kappa shape index (κ3) is 5.48. The van der Waals surface area contributed by atoms with Gasteiger partial charge < -0.3 is 0 Å². The van der Waals surface area contributed by atoms with Crippen molar-refractivity contribution in [1.82, 2.24) is 0 Å². The van der Waals surface area contributed by atoms with E-state index in [1.54, 1.807) is 0 Å². The fourth-order valence-electron chi connectivity index (χ4n) is 1.06. The van der Waals surface area contributed by atoms with Gasteiger partial charge in [-0.3, -0.25) is 0 Å². The molecule has 0 aromatic heterocycles. The number of rotatable bonds is 3. The van der Waals surface area contributed by atoms with Gasteiger partial charge in [0.25, 0.3) is 0 Å². The predicted molar refractivity (Wildman–Crippen MR) is 55.4 cm³/mol. The third-order valence-corrected chi connectivity index (χ3v) is 2.21. The number of hydrogen-bond donors (Lipinski definition) is 2. The van der Waals surface area contributed by atoms with Crippen molar-refractivity contribution < 1.29 is 0 Å². The Morgan fingerprint density at radius 2 is 1.50 bits per heavy atom. The fourth-order valence-corrected chi connectivity index (χ4v) is 1.93. The molecule has 0 saturated carbocycles. The maximum absolute atomic E-state index is 4.53. The highest BCUT2D eigenvalue weighted by molar-refractivity contribution is 7.82. The van der Waals surface area contributed by atoms with Crippen molar-refractivity contribution in [2.24, 2.45) is 0 Å². The first-order chi connectivity index (χ1) is 4.27. The Kier molecular flexibility index (Phi) is 3.64. The first kappa shape index (κ1) is 10.7. The molecular weight excluding hydrogens is 160 g/mol. The molecule has 0 bridgehead atoms. The maximum Gasteiger partial charge on any atom is 0.0112 e. The Morgan fingerprint density at radius 3 is 1.60 bits per heavy atom. The van der Waals surface area contributed by atoms with Crippen LogP contribution in [0.25, 0.3) is 0 Å². The van der Waals surface area contributed by atoms with Crippen LogP contribution in [0.15, 0.2) is 0 Å². The molecule has 0 nitrogen and oxygen atoms in total. The van der Waals surface area contributed by atoms with E-state index >= 15 is 0 Å². The molecule has 1 unspecified atom stereocenters. The van der Waals surface area contributed by atoms with Gasteiger partial charge in [-0.1, -0.05) is 27.7 Å². The third-order valence-electron chi connectivity index (χ3n) is 1.58. The second-order valence-corrected chi connectivity index (χ2v) is 6.13. The van der Waals surface area contributed by atoms with E-state index in [9.17, 15) is 0 Å². The van der Waals surface area contributed by atoms with Gasteiger partial charge in [0.1, 0.15) is 0 Å². The standard InChI is InChI=1S/C8H18S2/c1-5-8(4,10)6-7(2,3)9/h9-10H,5-6H2,1-4H3. The van der Waals surface area contributed by atoms with Crippen molar-refractivity contribution in [3.05, 3.63) is 0 Å². The fraction of sp³-hybridized carbons (Fsp3) is 1.00. The highest BCUT2D eigenvalue weighted by Gasteiger charge is 2.24. The summed E-state index contributed by atoms with van der Waals surface area (Å²) < 4.78 is 0.248. The molecule has 0 aliphatic heterocycles. The van der Waals surface area contributed by atoms with Gasteiger partial charge >= 0.3 is 0 Å². The van der Waals surface area contributed by atoms with Gasteiger partial charge in [0.2, 0.25) is 0 Å². The van der Waals surface area contributed by atoms with E-state index in [0.29, 0.717) is 0 Å². The van der Waals surface area contributed by atoms with E-state index in [0.717, 1.165) is 12.8 Å². The molecule has 0 amide bonds. The van der Waals surface area contributed by atoms with Gasteiger partial charge in [-0.25, -0.2) is 0 Å². The zero-order chi connectivity index (χ0) is 8.41. The number of thiol groups is 2. The minimum Gasteiger partial charge on any atom is -0.173 e. The molecule has 0 aliphatic rings. The van der Waals surface area contributed by atoms with Crippen molar-refractivity contribution >= 4 is 25.3 Å². The molecule has 0 aromatic carbocycles. The summed E-state index contributed by atoms with van der Waals surface area (Å²) in [6, 6.07) is 0. The van der Waals surface area contributed by atoms with E-state index < -0.39 is 0 Å². The molecule has 62 valence electrons. The summed E-state index contributed by atoms with van der Waals surface area (Å²) >= 11 is 8.98. The SMILES string of the molecule is CCC(C)(S)CC(C)(C)S. The van der Waals surface area contributed by atoms with Crippen LogP contribution in [0.4, 0.5) is 0 Å². The molecule has 0 spiro atoms. The monoisotopic (exact) mass is 178 g/mol. The van der Waals surface area contributed by atoms with E-state index in [-0.39, 0.29) is 9.49 Å². The van der Waals surface area contributed by atoms with Crippen molar-refractivity contribution in [3.8, 4) is 0 Å². The summed E-state index contributed by atoms with van der Waals surface area (Å²) in [5.41, 5.74) is 0. The molecule has 0 heterocycles. The van der Waals surface area contributed by atoms with Gasteiger partial charge in [0.15, 0.2) is 0 Å². The van der Waals surface area contributed by atoms with Crippen molar-refractivity contribution in [2.45, 2.75) is 50.0 Å². The number of hydrogen-bond acceptors (Lipinski definition) is 2. The average molecular weight is 178 g/mol. The van der Waals surface area contributed by atoms with Gasteiger partial charge in [0, 0.05) is 9.49 Å². The topological polar surface area (TPSA) is 0 Å². The van der Waals surface area contributed by atoms with Crippen molar-refractivity contribution in [2.75, 3.05) is 0 Å². The van der Waals surface area contributed by atoms with Gasteiger partial charge in [-0.05, 0) is 12.8 Å². The zero-order valence-electron chi connectivity index (χ0n) is 7.31. The molecule has 0 radical (unpaired) electrons. The van der Waals surface area contributed by atoms with Gasteiger partial charge in [-0.15, -0.1) is 0 Å². The summed E-state index contributed by atoms with van der Waals surface area (Å²) in [5, 5.41) is 0. The lowest BCUT2D eigenvalue weighted by molar-refractivity contribution is 0.503. The van der Waals surface area contributed by atoms with E-state index in [2.05, 4.69) is 53.0 Å². The highest BCUT2D eigenvalue weighted by Crippen LogP contribution is 2.32. The molecule has 0 fully saturated rings. The molecule has 0 N–H and O–H groups in total. The summed E-state index contributed by atoms with van der Waals surface area (Å²) in [7, 11) is 0. The van der Waals surface area contributed by atoms with Crippen LogP contribution in [0.2, 0.25) is 0 Å². The Hall–Kier alpha value is 0.700. The van der Waals surface area contributed by atoms with Crippen LogP contribution >= 0.6 is 25.3 Å². The largest absolute Gasteiger partial charge is 0.173 e. The molecule has 1 atom stereocenters. The molecule has 2 heteroatoms. The van der Waals surface area contributed by atoms with Crippen LogP contribution < -0.4 is 0 Å². The minimum atomic E-state index is 0.104. The second-order valence-electron chi connectivity index (χ2n) is 3.84. The normalized spacial score (nSPS) is 18.6. The predicted octanol–water partition coefficient (Wildman–Crippen LogP) is 3.18. The molecule has 0 saturated heterocycles. The lowest BCUT2D eigenvalue weighted by Crippen LogP contribution is -2.26.